The summed E-state index contributed by atoms with van der Waals surface area (Å²) in [6.07, 6.45) is 2.18. The highest BCUT2D eigenvalue weighted by molar-refractivity contribution is 5.79. The third kappa shape index (κ3) is 4.56. The maximum absolute atomic E-state index is 9.72. The zero-order valence-corrected chi connectivity index (χ0v) is 13.1. The quantitative estimate of drug-likeness (QED) is 0.479. The molecule has 0 radical (unpaired) electrons. The molecular weight excluding hydrogens is 314 g/mol. The monoisotopic (exact) mass is 335 g/mol. The predicted molar refractivity (Wildman–Crippen MR) is 86.2 cm³/mol. The SMILES string of the molecule is O=C(O)CC(O)C(=O)O.OC1CCC2NC=c3ccccc3=C2C1. The van der Waals surface area contributed by atoms with E-state index in [1.54, 1.807) is 0 Å². The van der Waals surface area contributed by atoms with Crippen LogP contribution in [0.1, 0.15) is 25.7 Å². The lowest BCUT2D eigenvalue weighted by Crippen LogP contribution is -2.45. The van der Waals surface area contributed by atoms with Crippen LogP contribution in [0.5, 0.6) is 0 Å². The van der Waals surface area contributed by atoms with Crippen molar-refractivity contribution < 1.29 is 30.0 Å². The molecule has 0 saturated heterocycles. The van der Waals surface area contributed by atoms with Gasteiger partial charge in [0.05, 0.1) is 12.5 Å². The summed E-state index contributed by atoms with van der Waals surface area (Å²) in [7, 11) is 0. The first-order valence-electron chi connectivity index (χ1n) is 7.73. The summed E-state index contributed by atoms with van der Waals surface area (Å²) in [5.41, 5.74) is 1.38. The molecule has 1 saturated carbocycles. The van der Waals surface area contributed by atoms with E-state index in [4.69, 9.17) is 15.3 Å². The molecule has 0 spiro atoms. The van der Waals surface area contributed by atoms with Gasteiger partial charge in [-0.15, -0.1) is 0 Å². The average Bonchev–Trinajstić information content (AvgIpc) is 2.54. The minimum absolute atomic E-state index is 0.149. The molecule has 1 heterocycles. The molecule has 3 atom stereocenters. The van der Waals surface area contributed by atoms with Crippen LogP contribution in [0.3, 0.4) is 0 Å². The fourth-order valence-corrected chi connectivity index (χ4v) is 2.87. The third-order valence-electron chi connectivity index (χ3n) is 4.06. The summed E-state index contributed by atoms with van der Waals surface area (Å²) in [6.45, 7) is 0. The fraction of sp³-hybridized carbons (Fsp3) is 0.412. The number of nitrogens with one attached hydrogen (secondary N) is 1. The van der Waals surface area contributed by atoms with Crippen molar-refractivity contribution in [3.8, 4) is 0 Å². The molecule has 1 aliphatic heterocycles. The number of hydrogen-bond donors (Lipinski definition) is 5. The molecule has 0 bridgehead atoms. The van der Waals surface area contributed by atoms with E-state index in [2.05, 4.69) is 35.8 Å². The number of aliphatic hydroxyl groups is 2. The van der Waals surface area contributed by atoms with Crippen LogP contribution in [0.2, 0.25) is 0 Å². The van der Waals surface area contributed by atoms with Crippen molar-refractivity contribution in [3.05, 3.63) is 34.7 Å². The molecule has 1 aliphatic carbocycles. The van der Waals surface area contributed by atoms with E-state index < -0.39 is 24.5 Å². The van der Waals surface area contributed by atoms with Gasteiger partial charge in [-0.25, -0.2) is 4.79 Å². The Bertz CT molecular complexity index is 729. The van der Waals surface area contributed by atoms with Crippen LogP contribution in [0.4, 0.5) is 0 Å². The van der Waals surface area contributed by atoms with Crippen molar-refractivity contribution in [2.24, 2.45) is 0 Å². The van der Waals surface area contributed by atoms with Crippen LogP contribution in [-0.4, -0.2) is 50.6 Å². The maximum atomic E-state index is 9.72. The van der Waals surface area contributed by atoms with E-state index in [0.717, 1.165) is 19.3 Å². The highest BCUT2D eigenvalue weighted by atomic mass is 16.4. The smallest absolute Gasteiger partial charge is 0.333 e. The number of benzene rings is 1. The van der Waals surface area contributed by atoms with Crippen molar-refractivity contribution in [1.29, 1.82) is 0 Å². The Hall–Kier alpha value is -2.38. The lowest BCUT2D eigenvalue weighted by Gasteiger charge is -2.31. The number of fused-ring (bicyclic) bond motifs is 2. The number of carboxylic acid groups (broad SMARTS) is 2. The molecule has 7 heteroatoms. The molecule has 1 aromatic carbocycles. The van der Waals surface area contributed by atoms with Crippen molar-refractivity contribution in [2.45, 2.75) is 43.9 Å². The van der Waals surface area contributed by atoms with Crippen molar-refractivity contribution >= 4 is 23.7 Å². The summed E-state index contributed by atoms with van der Waals surface area (Å²) >= 11 is 0. The average molecular weight is 335 g/mol. The van der Waals surface area contributed by atoms with Crippen molar-refractivity contribution in [3.63, 3.8) is 0 Å². The summed E-state index contributed by atoms with van der Waals surface area (Å²) in [5.74, 6) is -2.85. The molecule has 0 aromatic heterocycles. The van der Waals surface area contributed by atoms with E-state index in [9.17, 15) is 14.7 Å². The van der Waals surface area contributed by atoms with Crippen LogP contribution in [-0.2, 0) is 9.59 Å². The lowest BCUT2D eigenvalue weighted by atomic mass is 9.85. The van der Waals surface area contributed by atoms with Gasteiger partial charge in [-0.2, -0.15) is 0 Å². The number of hydrogen-bond acceptors (Lipinski definition) is 5. The van der Waals surface area contributed by atoms with Gasteiger partial charge in [-0.3, -0.25) is 4.79 Å². The van der Waals surface area contributed by atoms with Gasteiger partial charge in [0.1, 0.15) is 0 Å². The van der Waals surface area contributed by atoms with Gasteiger partial charge in [-0.05, 0) is 35.3 Å². The van der Waals surface area contributed by atoms with Crippen LogP contribution < -0.4 is 15.8 Å². The Kier molecular flexibility index (Phi) is 5.94. The lowest BCUT2D eigenvalue weighted by molar-refractivity contribution is -0.152. The molecule has 3 unspecified atom stereocenters. The molecule has 3 rings (SSSR count). The molecule has 7 nitrogen and oxygen atoms in total. The van der Waals surface area contributed by atoms with Crippen LogP contribution >= 0.6 is 0 Å². The van der Waals surface area contributed by atoms with Gasteiger partial charge < -0.3 is 25.7 Å². The summed E-state index contributed by atoms with van der Waals surface area (Å²) < 4.78 is 0. The summed E-state index contributed by atoms with van der Waals surface area (Å²) in [5, 5.41) is 39.9. The maximum Gasteiger partial charge on any atom is 0.333 e. The first-order chi connectivity index (χ1) is 11.4. The molecule has 24 heavy (non-hydrogen) atoms. The van der Waals surface area contributed by atoms with Gasteiger partial charge in [0.15, 0.2) is 6.10 Å². The van der Waals surface area contributed by atoms with Gasteiger partial charge in [0.25, 0.3) is 0 Å². The van der Waals surface area contributed by atoms with Gasteiger partial charge in [-0.1, -0.05) is 24.3 Å². The summed E-state index contributed by atoms with van der Waals surface area (Å²) in [4.78, 5) is 19.4. The molecular formula is C17H21NO6. The number of aliphatic hydroxyl groups excluding tert-OH is 2. The second kappa shape index (κ2) is 7.94. The number of rotatable bonds is 3. The van der Waals surface area contributed by atoms with E-state index in [0.29, 0.717) is 6.04 Å². The summed E-state index contributed by atoms with van der Waals surface area (Å²) in [6, 6.07) is 8.85. The fourth-order valence-electron chi connectivity index (χ4n) is 2.87. The first kappa shape index (κ1) is 18.0. The highest BCUT2D eigenvalue weighted by Crippen LogP contribution is 2.24. The van der Waals surface area contributed by atoms with Crippen LogP contribution in [0.25, 0.3) is 11.8 Å². The topological polar surface area (TPSA) is 127 Å². The second-order valence-electron chi connectivity index (χ2n) is 5.86. The Morgan fingerprint density at radius 2 is 1.92 bits per heavy atom. The molecule has 130 valence electrons. The largest absolute Gasteiger partial charge is 0.481 e. The third-order valence-corrected chi connectivity index (χ3v) is 4.06. The van der Waals surface area contributed by atoms with Crippen molar-refractivity contribution in [1.82, 2.24) is 5.32 Å². The Labute approximate surface area is 138 Å². The number of aliphatic carboxylic acids is 2. The minimum atomic E-state index is -1.79. The minimum Gasteiger partial charge on any atom is -0.481 e. The number of carbonyl (C=O) groups is 2. The predicted octanol–water partition coefficient (Wildman–Crippen LogP) is -1.00. The van der Waals surface area contributed by atoms with E-state index >= 15 is 0 Å². The molecule has 1 fully saturated rings. The standard InChI is InChI=1S/C13H15NO.C4H6O5/c15-10-5-6-13-12(7-10)11-4-2-1-3-9(11)8-14-13;5-2(4(8)9)1-3(6)7/h1-4,8,10,13-15H,5-7H2;2,5H,1H2,(H,6,7)(H,8,9). The van der Waals surface area contributed by atoms with Crippen molar-refractivity contribution in [2.75, 3.05) is 0 Å². The van der Waals surface area contributed by atoms with Gasteiger partial charge in [0.2, 0.25) is 0 Å². The zero-order valence-electron chi connectivity index (χ0n) is 13.1. The first-order valence-corrected chi connectivity index (χ1v) is 7.73. The van der Waals surface area contributed by atoms with Gasteiger partial charge >= 0.3 is 11.9 Å². The molecule has 5 N–H and O–H groups in total. The van der Waals surface area contributed by atoms with E-state index in [-0.39, 0.29) is 6.10 Å². The number of carboxylic acids is 2. The van der Waals surface area contributed by atoms with Crippen LogP contribution in [0, 0.1) is 0 Å². The Morgan fingerprint density at radius 1 is 1.21 bits per heavy atom. The van der Waals surface area contributed by atoms with Gasteiger partial charge in [0, 0.05) is 12.2 Å². The highest BCUT2D eigenvalue weighted by Gasteiger charge is 2.25. The Morgan fingerprint density at radius 3 is 2.54 bits per heavy atom. The molecule has 0 amide bonds. The molecule has 1 aromatic rings. The Balaban J connectivity index is 0.000000202. The normalized spacial score (nSPS) is 22.5. The second-order valence-corrected chi connectivity index (χ2v) is 5.86. The molecule has 2 aliphatic rings. The van der Waals surface area contributed by atoms with Crippen LogP contribution in [0.15, 0.2) is 24.3 Å². The zero-order chi connectivity index (χ0) is 17.7. The van der Waals surface area contributed by atoms with E-state index in [1.807, 2.05) is 0 Å². The van der Waals surface area contributed by atoms with E-state index in [1.165, 1.54) is 16.0 Å².